The molecule has 1 saturated carbocycles. The topological polar surface area (TPSA) is 29.1 Å². The zero-order valence-corrected chi connectivity index (χ0v) is 13.8. The van der Waals surface area contributed by atoms with E-state index in [9.17, 15) is 4.79 Å². The lowest BCUT2D eigenvalue weighted by atomic mass is 10.2. The number of hydrogen-bond acceptors (Lipinski definition) is 2. The second kappa shape index (κ2) is 7.55. The molecule has 0 aliphatic heterocycles. The number of hydrogen-bond donors (Lipinski definition) is 1. The minimum atomic E-state index is -0.0988. The Morgan fingerprint density at radius 3 is 2.89 bits per heavy atom. The molecule has 5 heteroatoms. The summed E-state index contributed by atoms with van der Waals surface area (Å²) in [5, 5.41) is 4.21. The van der Waals surface area contributed by atoms with Crippen molar-refractivity contribution in [1.82, 2.24) is 5.32 Å². The lowest BCUT2D eigenvalue weighted by Gasteiger charge is -2.10. The van der Waals surface area contributed by atoms with Crippen LogP contribution in [0.25, 0.3) is 0 Å². The van der Waals surface area contributed by atoms with Crippen molar-refractivity contribution in [1.29, 1.82) is 0 Å². The standard InChI is InChI=1S/C14H17BrClNOS/c15-10-5-6-13(16)12(9-10)14(18)17-7-8-19-11-3-1-2-4-11/h5-6,9,11H,1-4,7-8H2,(H,17,18). The summed E-state index contributed by atoms with van der Waals surface area (Å²) in [6.07, 6.45) is 5.38. The molecule has 1 amide bonds. The SMILES string of the molecule is O=C(NCCSC1CCCC1)c1cc(Br)ccc1Cl. The number of amides is 1. The summed E-state index contributed by atoms with van der Waals surface area (Å²) in [7, 11) is 0. The fraction of sp³-hybridized carbons (Fsp3) is 0.500. The third kappa shape index (κ3) is 4.69. The monoisotopic (exact) mass is 361 g/mol. The number of thioether (sulfide) groups is 1. The molecule has 1 aliphatic carbocycles. The summed E-state index contributed by atoms with van der Waals surface area (Å²) in [6.45, 7) is 0.697. The van der Waals surface area contributed by atoms with Crippen LogP contribution in [0.2, 0.25) is 5.02 Å². The van der Waals surface area contributed by atoms with Crippen LogP contribution in [0.5, 0.6) is 0 Å². The van der Waals surface area contributed by atoms with E-state index in [0.717, 1.165) is 15.5 Å². The Bertz CT molecular complexity index is 449. The highest BCUT2D eigenvalue weighted by Crippen LogP contribution is 2.29. The third-order valence-corrected chi connectivity index (χ3v) is 5.42. The fourth-order valence-corrected chi connectivity index (χ4v) is 4.00. The Hall–Kier alpha value is -0.190. The molecule has 0 unspecified atom stereocenters. The van der Waals surface area contributed by atoms with Crippen LogP contribution >= 0.6 is 39.3 Å². The van der Waals surface area contributed by atoms with Crippen LogP contribution < -0.4 is 5.32 Å². The van der Waals surface area contributed by atoms with Crippen molar-refractivity contribution in [2.45, 2.75) is 30.9 Å². The maximum Gasteiger partial charge on any atom is 0.252 e. The summed E-state index contributed by atoms with van der Waals surface area (Å²) in [4.78, 5) is 12.0. The quantitative estimate of drug-likeness (QED) is 0.781. The molecule has 0 saturated heterocycles. The zero-order chi connectivity index (χ0) is 13.7. The van der Waals surface area contributed by atoms with Crippen molar-refractivity contribution < 1.29 is 4.79 Å². The maximum atomic E-state index is 12.0. The summed E-state index contributed by atoms with van der Waals surface area (Å²) < 4.78 is 0.863. The van der Waals surface area contributed by atoms with Crippen molar-refractivity contribution in [2.24, 2.45) is 0 Å². The van der Waals surface area contributed by atoms with E-state index in [2.05, 4.69) is 21.2 Å². The van der Waals surface area contributed by atoms with E-state index in [-0.39, 0.29) is 5.91 Å². The molecule has 2 rings (SSSR count). The summed E-state index contributed by atoms with van der Waals surface area (Å²) in [6, 6.07) is 5.31. The highest BCUT2D eigenvalue weighted by atomic mass is 79.9. The van der Waals surface area contributed by atoms with Gasteiger partial charge in [0.05, 0.1) is 10.6 Å². The van der Waals surface area contributed by atoms with Crippen LogP contribution in [0, 0.1) is 0 Å². The highest BCUT2D eigenvalue weighted by molar-refractivity contribution is 9.10. The Morgan fingerprint density at radius 2 is 2.16 bits per heavy atom. The first-order valence-corrected chi connectivity index (χ1v) is 8.73. The molecule has 104 valence electrons. The van der Waals surface area contributed by atoms with Gasteiger partial charge in [-0.05, 0) is 31.0 Å². The molecular formula is C14H17BrClNOS. The van der Waals surface area contributed by atoms with Crippen LogP contribution in [-0.4, -0.2) is 23.5 Å². The fourth-order valence-electron chi connectivity index (χ4n) is 2.21. The van der Waals surface area contributed by atoms with Crippen molar-refractivity contribution in [3.8, 4) is 0 Å². The van der Waals surface area contributed by atoms with Gasteiger partial charge in [0.1, 0.15) is 0 Å². The van der Waals surface area contributed by atoms with E-state index in [1.165, 1.54) is 25.7 Å². The van der Waals surface area contributed by atoms with Gasteiger partial charge in [-0.25, -0.2) is 0 Å². The van der Waals surface area contributed by atoms with Gasteiger partial charge in [0, 0.05) is 22.0 Å². The second-order valence-electron chi connectivity index (χ2n) is 4.66. The van der Waals surface area contributed by atoms with Gasteiger partial charge in [-0.3, -0.25) is 4.79 Å². The van der Waals surface area contributed by atoms with Gasteiger partial charge >= 0.3 is 0 Å². The average molecular weight is 363 g/mol. The van der Waals surface area contributed by atoms with E-state index in [0.29, 0.717) is 17.1 Å². The van der Waals surface area contributed by atoms with Gasteiger partial charge in [0.25, 0.3) is 5.91 Å². The molecular weight excluding hydrogens is 346 g/mol. The normalized spacial score (nSPS) is 15.7. The van der Waals surface area contributed by atoms with Crippen molar-refractivity contribution in [3.05, 3.63) is 33.3 Å². The Kier molecular flexibility index (Phi) is 6.05. The molecule has 1 aromatic carbocycles. The van der Waals surface area contributed by atoms with Gasteiger partial charge < -0.3 is 5.32 Å². The smallest absolute Gasteiger partial charge is 0.252 e. The first-order chi connectivity index (χ1) is 9.16. The maximum absolute atomic E-state index is 12.0. The molecule has 0 spiro atoms. The average Bonchev–Trinajstić information content (AvgIpc) is 2.90. The molecule has 19 heavy (non-hydrogen) atoms. The number of halogens is 2. The van der Waals surface area contributed by atoms with Crippen molar-refractivity contribution in [3.63, 3.8) is 0 Å². The van der Waals surface area contributed by atoms with E-state index >= 15 is 0 Å². The van der Waals surface area contributed by atoms with Crippen LogP contribution in [-0.2, 0) is 0 Å². The summed E-state index contributed by atoms with van der Waals surface area (Å²) >= 11 is 11.3. The van der Waals surface area contributed by atoms with Gasteiger partial charge in [-0.15, -0.1) is 0 Å². The second-order valence-corrected chi connectivity index (χ2v) is 7.39. The van der Waals surface area contributed by atoms with E-state index in [1.54, 1.807) is 12.1 Å². The molecule has 0 aromatic heterocycles. The van der Waals surface area contributed by atoms with Crippen LogP contribution in [0.15, 0.2) is 22.7 Å². The molecule has 1 aromatic rings. The Labute approximate surface area is 131 Å². The predicted molar refractivity (Wildman–Crippen MR) is 86.2 cm³/mol. The van der Waals surface area contributed by atoms with Crippen LogP contribution in [0.3, 0.4) is 0 Å². The van der Waals surface area contributed by atoms with E-state index in [4.69, 9.17) is 11.6 Å². The van der Waals surface area contributed by atoms with Crippen molar-refractivity contribution >= 4 is 45.2 Å². The van der Waals surface area contributed by atoms with Gasteiger partial charge in [0.2, 0.25) is 0 Å². The minimum absolute atomic E-state index is 0.0988. The first-order valence-electron chi connectivity index (χ1n) is 6.51. The van der Waals surface area contributed by atoms with Gasteiger partial charge in [0.15, 0.2) is 0 Å². The Balaban J connectivity index is 1.75. The molecule has 1 N–H and O–H groups in total. The molecule has 1 fully saturated rings. The molecule has 2 nitrogen and oxygen atoms in total. The van der Waals surface area contributed by atoms with Gasteiger partial charge in [-0.1, -0.05) is 40.4 Å². The number of carbonyl (C=O) groups excluding carboxylic acids is 1. The largest absolute Gasteiger partial charge is 0.351 e. The molecule has 0 atom stereocenters. The zero-order valence-electron chi connectivity index (χ0n) is 10.6. The number of carbonyl (C=O) groups is 1. The summed E-state index contributed by atoms with van der Waals surface area (Å²) in [5.74, 6) is 0.875. The lowest BCUT2D eigenvalue weighted by Crippen LogP contribution is -2.26. The lowest BCUT2D eigenvalue weighted by molar-refractivity contribution is 0.0956. The molecule has 0 radical (unpaired) electrons. The third-order valence-electron chi connectivity index (χ3n) is 3.22. The van der Waals surface area contributed by atoms with E-state index < -0.39 is 0 Å². The van der Waals surface area contributed by atoms with Crippen LogP contribution in [0.4, 0.5) is 0 Å². The number of benzene rings is 1. The molecule has 0 bridgehead atoms. The molecule has 1 aliphatic rings. The Morgan fingerprint density at radius 1 is 1.42 bits per heavy atom. The van der Waals surface area contributed by atoms with E-state index in [1.807, 2.05) is 17.8 Å². The molecule has 0 heterocycles. The first kappa shape index (κ1) is 15.2. The number of rotatable bonds is 5. The predicted octanol–water partition coefficient (Wildman–Crippen LogP) is 4.51. The number of nitrogens with one attached hydrogen (secondary N) is 1. The van der Waals surface area contributed by atoms with Gasteiger partial charge in [-0.2, -0.15) is 11.8 Å². The minimum Gasteiger partial charge on any atom is -0.351 e. The summed E-state index contributed by atoms with van der Waals surface area (Å²) in [5.41, 5.74) is 0.530. The van der Waals surface area contributed by atoms with Crippen molar-refractivity contribution in [2.75, 3.05) is 12.3 Å². The van der Waals surface area contributed by atoms with Crippen LogP contribution in [0.1, 0.15) is 36.0 Å². The highest BCUT2D eigenvalue weighted by Gasteiger charge is 2.15.